The van der Waals surface area contributed by atoms with Crippen molar-refractivity contribution in [3.05, 3.63) is 71.3 Å². The Morgan fingerprint density at radius 3 is 2.24 bits per heavy atom. The van der Waals surface area contributed by atoms with Gasteiger partial charge in [-0.05, 0) is 16.7 Å². The molecule has 0 radical (unpaired) electrons. The van der Waals surface area contributed by atoms with E-state index < -0.39 is 0 Å². The van der Waals surface area contributed by atoms with Crippen LogP contribution in [-0.2, 0) is 4.74 Å². The van der Waals surface area contributed by atoms with E-state index in [0.717, 1.165) is 0 Å². The molecule has 86 valence electrons. The fourth-order valence-corrected chi connectivity index (χ4v) is 2.42. The largest absolute Gasteiger partial charge is 0.360 e. The van der Waals surface area contributed by atoms with Crippen LogP contribution in [-0.4, -0.2) is 6.54 Å². The maximum absolute atomic E-state index is 6.04. The lowest BCUT2D eigenvalue weighted by molar-refractivity contribution is 0.0392. The van der Waals surface area contributed by atoms with E-state index in [4.69, 9.17) is 10.5 Å². The zero-order valence-corrected chi connectivity index (χ0v) is 9.54. The Bertz CT molecular complexity index is 509. The Morgan fingerprint density at radius 1 is 0.882 bits per heavy atom. The minimum Gasteiger partial charge on any atom is -0.360 e. The predicted octanol–water partition coefficient (Wildman–Crippen LogP) is 2.81. The first-order valence-corrected chi connectivity index (χ1v) is 5.89. The number of hydrogen-bond donors (Lipinski definition) is 1. The second-order valence-corrected chi connectivity index (χ2v) is 4.28. The zero-order chi connectivity index (χ0) is 11.7. The van der Waals surface area contributed by atoms with Crippen LogP contribution in [0.4, 0.5) is 0 Å². The standard InChI is InChI=1S/C15H15NO/c16-10-14-12-8-4-5-9-13(12)15(17-14)11-6-2-1-3-7-11/h1-9,14-15H,10,16H2/t14-,15+/m0/s1. The van der Waals surface area contributed by atoms with Crippen molar-refractivity contribution in [3.63, 3.8) is 0 Å². The molecule has 0 saturated carbocycles. The summed E-state index contributed by atoms with van der Waals surface area (Å²) < 4.78 is 6.04. The molecule has 0 amide bonds. The average molecular weight is 225 g/mol. The first-order valence-electron chi connectivity index (χ1n) is 5.89. The van der Waals surface area contributed by atoms with Gasteiger partial charge in [0.15, 0.2) is 0 Å². The molecule has 0 bridgehead atoms. The topological polar surface area (TPSA) is 35.2 Å². The number of rotatable bonds is 2. The Labute approximate surface area is 101 Å². The van der Waals surface area contributed by atoms with Crippen molar-refractivity contribution in [2.75, 3.05) is 6.54 Å². The highest BCUT2D eigenvalue weighted by molar-refractivity contribution is 5.40. The molecule has 0 saturated heterocycles. The number of benzene rings is 2. The molecular formula is C15H15NO. The van der Waals surface area contributed by atoms with Gasteiger partial charge in [-0.2, -0.15) is 0 Å². The van der Waals surface area contributed by atoms with Gasteiger partial charge in [-0.1, -0.05) is 54.6 Å². The summed E-state index contributed by atoms with van der Waals surface area (Å²) >= 11 is 0. The second kappa shape index (κ2) is 4.32. The first kappa shape index (κ1) is 10.5. The van der Waals surface area contributed by atoms with Gasteiger partial charge >= 0.3 is 0 Å². The fraction of sp³-hybridized carbons (Fsp3) is 0.200. The Balaban J connectivity index is 2.05. The van der Waals surface area contributed by atoms with Gasteiger partial charge in [0.25, 0.3) is 0 Å². The summed E-state index contributed by atoms with van der Waals surface area (Å²) in [5, 5.41) is 0. The maximum atomic E-state index is 6.04. The quantitative estimate of drug-likeness (QED) is 0.853. The van der Waals surface area contributed by atoms with Crippen LogP contribution in [0.2, 0.25) is 0 Å². The van der Waals surface area contributed by atoms with Gasteiger partial charge in [-0.3, -0.25) is 0 Å². The molecule has 0 unspecified atom stereocenters. The lowest BCUT2D eigenvalue weighted by atomic mass is 9.98. The summed E-state index contributed by atoms with van der Waals surface area (Å²) in [5.41, 5.74) is 9.42. The smallest absolute Gasteiger partial charge is 0.109 e. The van der Waals surface area contributed by atoms with Crippen LogP contribution in [0.1, 0.15) is 28.9 Å². The van der Waals surface area contributed by atoms with E-state index in [-0.39, 0.29) is 12.2 Å². The SMILES string of the molecule is NC[C@@H]1O[C@H](c2ccccc2)c2ccccc21. The minimum atomic E-state index is 0.0245. The molecule has 2 atom stereocenters. The molecule has 0 fully saturated rings. The Hall–Kier alpha value is -1.64. The molecule has 1 aliphatic rings. The monoisotopic (exact) mass is 225 g/mol. The van der Waals surface area contributed by atoms with E-state index in [9.17, 15) is 0 Å². The van der Waals surface area contributed by atoms with Gasteiger partial charge in [0.2, 0.25) is 0 Å². The van der Waals surface area contributed by atoms with Gasteiger partial charge in [-0.25, -0.2) is 0 Å². The zero-order valence-electron chi connectivity index (χ0n) is 9.54. The van der Waals surface area contributed by atoms with Crippen LogP contribution in [0, 0.1) is 0 Å². The number of nitrogens with two attached hydrogens (primary N) is 1. The molecule has 2 heteroatoms. The highest BCUT2D eigenvalue weighted by atomic mass is 16.5. The summed E-state index contributed by atoms with van der Waals surface area (Å²) in [6.45, 7) is 0.528. The van der Waals surface area contributed by atoms with Gasteiger partial charge in [-0.15, -0.1) is 0 Å². The summed E-state index contributed by atoms with van der Waals surface area (Å²) in [7, 11) is 0. The summed E-state index contributed by atoms with van der Waals surface area (Å²) in [6, 6.07) is 18.6. The van der Waals surface area contributed by atoms with E-state index in [1.54, 1.807) is 0 Å². The van der Waals surface area contributed by atoms with Crippen molar-refractivity contribution in [1.29, 1.82) is 0 Å². The molecule has 2 aromatic rings. The van der Waals surface area contributed by atoms with Crippen molar-refractivity contribution in [2.45, 2.75) is 12.2 Å². The maximum Gasteiger partial charge on any atom is 0.109 e. The van der Waals surface area contributed by atoms with Gasteiger partial charge in [0, 0.05) is 6.54 Å². The molecule has 17 heavy (non-hydrogen) atoms. The van der Waals surface area contributed by atoms with Crippen LogP contribution in [0.5, 0.6) is 0 Å². The van der Waals surface area contributed by atoms with Gasteiger partial charge in [0.05, 0.1) is 6.10 Å². The van der Waals surface area contributed by atoms with Crippen molar-refractivity contribution < 1.29 is 4.74 Å². The first-order chi connectivity index (χ1) is 8.40. The number of hydrogen-bond acceptors (Lipinski definition) is 2. The van der Waals surface area contributed by atoms with Crippen molar-refractivity contribution in [2.24, 2.45) is 5.73 Å². The van der Waals surface area contributed by atoms with Crippen molar-refractivity contribution in [1.82, 2.24) is 0 Å². The molecule has 1 aliphatic heterocycles. The molecular weight excluding hydrogens is 210 g/mol. The average Bonchev–Trinajstić information content (AvgIpc) is 2.78. The number of ether oxygens (including phenoxy) is 1. The van der Waals surface area contributed by atoms with Gasteiger partial charge < -0.3 is 10.5 Å². The highest BCUT2D eigenvalue weighted by Crippen LogP contribution is 2.41. The lowest BCUT2D eigenvalue weighted by Crippen LogP contribution is -2.11. The van der Waals surface area contributed by atoms with Crippen LogP contribution in [0.15, 0.2) is 54.6 Å². The molecule has 0 aliphatic carbocycles. The van der Waals surface area contributed by atoms with E-state index in [1.807, 2.05) is 24.3 Å². The lowest BCUT2D eigenvalue weighted by Gasteiger charge is -2.13. The minimum absolute atomic E-state index is 0.0245. The highest BCUT2D eigenvalue weighted by Gasteiger charge is 2.31. The van der Waals surface area contributed by atoms with Crippen LogP contribution in [0.25, 0.3) is 0 Å². The van der Waals surface area contributed by atoms with Crippen molar-refractivity contribution >= 4 is 0 Å². The normalized spacial score (nSPS) is 22.4. The summed E-state index contributed by atoms with van der Waals surface area (Å²) in [5.74, 6) is 0. The molecule has 2 nitrogen and oxygen atoms in total. The Morgan fingerprint density at radius 2 is 1.53 bits per heavy atom. The van der Waals surface area contributed by atoms with Crippen LogP contribution < -0.4 is 5.73 Å². The van der Waals surface area contributed by atoms with Gasteiger partial charge in [0.1, 0.15) is 6.10 Å². The summed E-state index contributed by atoms with van der Waals surface area (Å²) in [4.78, 5) is 0. The van der Waals surface area contributed by atoms with E-state index >= 15 is 0 Å². The number of fused-ring (bicyclic) bond motifs is 1. The van der Waals surface area contributed by atoms with E-state index in [1.165, 1.54) is 16.7 Å². The molecule has 1 heterocycles. The van der Waals surface area contributed by atoms with Crippen LogP contribution in [0.3, 0.4) is 0 Å². The van der Waals surface area contributed by atoms with Crippen molar-refractivity contribution in [3.8, 4) is 0 Å². The third-order valence-electron chi connectivity index (χ3n) is 3.24. The fourth-order valence-electron chi connectivity index (χ4n) is 2.42. The Kier molecular flexibility index (Phi) is 2.67. The molecule has 3 rings (SSSR count). The molecule has 0 aromatic heterocycles. The summed E-state index contributed by atoms with van der Waals surface area (Å²) in [6.07, 6.45) is 0.0531. The molecule has 2 N–H and O–H groups in total. The second-order valence-electron chi connectivity index (χ2n) is 4.28. The third kappa shape index (κ3) is 1.75. The van der Waals surface area contributed by atoms with E-state index in [2.05, 4.69) is 30.3 Å². The van der Waals surface area contributed by atoms with E-state index in [0.29, 0.717) is 6.54 Å². The molecule has 2 aromatic carbocycles. The van der Waals surface area contributed by atoms with Crippen LogP contribution >= 0.6 is 0 Å². The molecule has 0 spiro atoms. The third-order valence-corrected chi connectivity index (χ3v) is 3.24. The predicted molar refractivity (Wildman–Crippen MR) is 67.6 cm³/mol.